The zero-order chi connectivity index (χ0) is 13.0. The highest BCUT2D eigenvalue weighted by Crippen LogP contribution is 2.21. The number of rotatable bonds is 4. The molecule has 3 nitrogen and oxygen atoms in total. The van der Waals surface area contributed by atoms with E-state index >= 15 is 0 Å². The molecule has 92 valence electrons. The maximum Gasteiger partial charge on any atom is 0.172 e. The summed E-state index contributed by atoms with van der Waals surface area (Å²) in [7, 11) is 1.57. The second-order valence-electron chi connectivity index (χ2n) is 4.12. The van der Waals surface area contributed by atoms with Gasteiger partial charge in [0.05, 0.1) is 19.1 Å². The monoisotopic (exact) mass is 241 g/mol. The van der Waals surface area contributed by atoms with Gasteiger partial charge in [-0.1, -0.05) is 17.7 Å². The Morgan fingerprint density at radius 1 is 1.28 bits per heavy atom. The maximum atomic E-state index is 12.2. The van der Waals surface area contributed by atoms with E-state index in [1.165, 1.54) is 0 Å². The summed E-state index contributed by atoms with van der Waals surface area (Å²) in [6, 6.07) is 11.2. The van der Waals surface area contributed by atoms with Crippen LogP contribution in [0.25, 0.3) is 0 Å². The first kappa shape index (κ1) is 12.3. The molecule has 0 saturated carbocycles. The molecule has 0 bridgehead atoms. The highest BCUT2D eigenvalue weighted by atomic mass is 16.5. The van der Waals surface area contributed by atoms with Crippen LogP contribution < -0.4 is 4.74 Å². The van der Waals surface area contributed by atoms with E-state index in [1.807, 2.05) is 43.3 Å². The molecule has 0 aliphatic heterocycles. The number of pyridine rings is 1. The second-order valence-corrected chi connectivity index (χ2v) is 4.12. The summed E-state index contributed by atoms with van der Waals surface area (Å²) in [5.41, 5.74) is 2.43. The number of benzene rings is 1. The Labute approximate surface area is 106 Å². The van der Waals surface area contributed by atoms with Gasteiger partial charge in [0, 0.05) is 11.9 Å². The Morgan fingerprint density at radius 2 is 2.11 bits per heavy atom. The number of ether oxygens (including phenoxy) is 1. The fourth-order valence-corrected chi connectivity index (χ4v) is 1.80. The van der Waals surface area contributed by atoms with Gasteiger partial charge >= 0.3 is 0 Å². The molecule has 0 saturated heterocycles. The van der Waals surface area contributed by atoms with Crippen LogP contribution in [0.3, 0.4) is 0 Å². The van der Waals surface area contributed by atoms with Crippen molar-refractivity contribution in [2.24, 2.45) is 0 Å². The van der Waals surface area contributed by atoms with Crippen LogP contribution in [0.2, 0.25) is 0 Å². The van der Waals surface area contributed by atoms with Crippen molar-refractivity contribution < 1.29 is 9.53 Å². The molecule has 18 heavy (non-hydrogen) atoms. The number of nitrogens with zero attached hydrogens (tertiary/aromatic N) is 1. The highest BCUT2D eigenvalue weighted by molar-refractivity contribution is 5.99. The fourth-order valence-electron chi connectivity index (χ4n) is 1.80. The van der Waals surface area contributed by atoms with E-state index in [2.05, 4.69) is 4.98 Å². The molecule has 1 aromatic heterocycles. The number of aryl methyl sites for hydroxylation is 1. The molecule has 0 radical (unpaired) electrons. The van der Waals surface area contributed by atoms with Crippen LogP contribution in [-0.2, 0) is 6.42 Å². The summed E-state index contributed by atoms with van der Waals surface area (Å²) in [5, 5.41) is 0. The standard InChI is InChI=1S/C15H15NO2/c1-11-6-7-15(18-2)13(9-11)14(17)10-12-5-3-4-8-16-12/h3-9H,10H2,1-2H3. The largest absolute Gasteiger partial charge is 0.496 e. The van der Waals surface area contributed by atoms with Crippen molar-refractivity contribution in [3.63, 3.8) is 0 Å². The molecule has 2 rings (SSSR count). The van der Waals surface area contributed by atoms with Crippen LogP contribution in [0.5, 0.6) is 5.75 Å². The SMILES string of the molecule is COc1ccc(C)cc1C(=O)Cc1ccccn1. The van der Waals surface area contributed by atoms with E-state index in [4.69, 9.17) is 4.74 Å². The van der Waals surface area contributed by atoms with Crippen LogP contribution in [0.15, 0.2) is 42.6 Å². The van der Waals surface area contributed by atoms with E-state index in [9.17, 15) is 4.79 Å². The van der Waals surface area contributed by atoms with E-state index in [0.29, 0.717) is 17.7 Å². The molecule has 0 spiro atoms. The highest BCUT2D eigenvalue weighted by Gasteiger charge is 2.13. The van der Waals surface area contributed by atoms with Gasteiger partial charge in [-0.15, -0.1) is 0 Å². The average Bonchev–Trinajstić information content (AvgIpc) is 2.40. The predicted octanol–water partition coefficient (Wildman–Crippen LogP) is 2.82. The molecule has 1 heterocycles. The Bertz CT molecular complexity index is 550. The molecular weight excluding hydrogens is 226 g/mol. The quantitative estimate of drug-likeness (QED) is 0.773. The molecule has 0 unspecified atom stereocenters. The molecule has 0 aliphatic carbocycles. The van der Waals surface area contributed by atoms with Gasteiger partial charge in [-0.3, -0.25) is 9.78 Å². The summed E-state index contributed by atoms with van der Waals surface area (Å²) in [6.45, 7) is 1.96. The first-order valence-electron chi connectivity index (χ1n) is 5.78. The normalized spacial score (nSPS) is 10.1. The summed E-state index contributed by atoms with van der Waals surface area (Å²) in [4.78, 5) is 16.4. The average molecular weight is 241 g/mol. The summed E-state index contributed by atoms with van der Waals surface area (Å²) in [5.74, 6) is 0.635. The molecule has 0 aliphatic rings. The second kappa shape index (κ2) is 5.45. The van der Waals surface area contributed by atoms with Crippen LogP contribution in [-0.4, -0.2) is 17.9 Å². The summed E-state index contributed by atoms with van der Waals surface area (Å²) >= 11 is 0. The lowest BCUT2D eigenvalue weighted by Gasteiger charge is -2.08. The minimum Gasteiger partial charge on any atom is -0.496 e. The van der Waals surface area contributed by atoms with Crippen molar-refractivity contribution in [2.45, 2.75) is 13.3 Å². The number of methoxy groups -OCH3 is 1. The van der Waals surface area contributed by atoms with Gasteiger partial charge in [-0.2, -0.15) is 0 Å². The van der Waals surface area contributed by atoms with Crippen molar-refractivity contribution in [3.05, 3.63) is 59.4 Å². The first-order valence-corrected chi connectivity index (χ1v) is 5.78. The fraction of sp³-hybridized carbons (Fsp3) is 0.200. The number of carbonyl (C=O) groups excluding carboxylic acids is 1. The van der Waals surface area contributed by atoms with Gasteiger partial charge in [0.25, 0.3) is 0 Å². The summed E-state index contributed by atoms with van der Waals surface area (Å²) in [6.07, 6.45) is 1.98. The lowest BCUT2D eigenvalue weighted by atomic mass is 10.0. The van der Waals surface area contributed by atoms with E-state index in [-0.39, 0.29) is 5.78 Å². The topological polar surface area (TPSA) is 39.2 Å². The molecule has 0 fully saturated rings. The smallest absolute Gasteiger partial charge is 0.172 e. The number of hydrogen-bond donors (Lipinski definition) is 0. The third kappa shape index (κ3) is 2.74. The van der Waals surface area contributed by atoms with Gasteiger partial charge in [0.1, 0.15) is 5.75 Å². The third-order valence-corrected chi connectivity index (χ3v) is 2.72. The molecular formula is C15H15NO2. The lowest BCUT2D eigenvalue weighted by Crippen LogP contribution is -2.07. The van der Waals surface area contributed by atoms with Crippen molar-refractivity contribution in [1.29, 1.82) is 0 Å². The number of aromatic nitrogens is 1. The molecule has 0 amide bonds. The number of Topliss-reactive ketones (excluding diaryl/α,β-unsaturated/α-hetero) is 1. The molecule has 0 atom stereocenters. The maximum absolute atomic E-state index is 12.2. The third-order valence-electron chi connectivity index (χ3n) is 2.72. The van der Waals surface area contributed by atoms with Crippen LogP contribution in [0.4, 0.5) is 0 Å². The van der Waals surface area contributed by atoms with E-state index < -0.39 is 0 Å². The predicted molar refractivity (Wildman–Crippen MR) is 70.0 cm³/mol. The van der Waals surface area contributed by atoms with Crippen molar-refractivity contribution in [1.82, 2.24) is 4.98 Å². The van der Waals surface area contributed by atoms with Crippen molar-refractivity contribution >= 4 is 5.78 Å². The Balaban J connectivity index is 2.26. The first-order chi connectivity index (χ1) is 8.70. The van der Waals surface area contributed by atoms with Crippen LogP contribution in [0, 0.1) is 6.92 Å². The zero-order valence-corrected chi connectivity index (χ0v) is 10.5. The van der Waals surface area contributed by atoms with Crippen LogP contribution in [0.1, 0.15) is 21.6 Å². The molecule has 1 aromatic carbocycles. The van der Waals surface area contributed by atoms with Crippen molar-refractivity contribution in [3.8, 4) is 5.75 Å². The van der Waals surface area contributed by atoms with Gasteiger partial charge in [-0.25, -0.2) is 0 Å². The molecule has 0 N–H and O–H groups in total. The van der Waals surface area contributed by atoms with Gasteiger partial charge < -0.3 is 4.74 Å². The Hall–Kier alpha value is -2.16. The minimum absolute atomic E-state index is 0.0225. The van der Waals surface area contributed by atoms with Gasteiger partial charge in [0.2, 0.25) is 0 Å². The van der Waals surface area contributed by atoms with E-state index in [1.54, 1.807) is 13.3 Å². The molecule has 2 aromatic rings. The summed E-state index contributed by atoms with van der Waals surface area (Å²) < 4.78 is 5.22. The zero-order valence-electron chi connectivity index (χ0n) is 10.5. The van der Waals surface area contributed by atoms with Gasteiger partial charge in [0.15, 0.2) is 5.78 Å². The molecule has 3 heteroatoms. The van der Waals surface area contributed by atoms with Crippen LogP contribution >= 0.6 is 0 Å². The Morgan fingerprint density at radius 3 is 2.78 bits per heavy atom. The van der Waals surface area contributed by atoms with E-state index in [0.717, 1.165) is 11.3 Å². The minimum atomic E-state index is 0.0225. The number of ketones is 1. The number of carbonyl (C=O) groups is 1. The number of hydrogen-bond acceptors (Lipinski definition) is 3. The van der Waals surface area contributed by atoms with Gasteiger partial charge in [-0.05, 0) is 31.2 Å². The Kier molecular flexibility index (Phi) is 3.72. The van der Waals surface area contributed by atoms with Crippen molar-refractivity contribution in [2.75, 3.05) is 7.11 Å². The lowest BCUT2D eigenvalue weighted by molar-refractivity contribution is 0.0989.